The van der Waals surface area contributed by atoms with Gasteiger partial charge in [-0.05, 0) is 19.1 Å². The van der Waals surface area contributed by atoms with Gasteiger partial charge in [-0.3, -0.25) is 4.79 Å². The smallest absolute Gasteiger partial charge is 0.227 e. The van der Waals surface area contributed by atoms with E-state index in [-0.39, 0.29) is 11.8 Å². The Hall–Kier alpha value is -1.51. The number of para-hydroxylation sites is 2. The molecule has 0 aliphatic rings. The van der Waals surface area contributed by atoms with Crippen LogP contribution >= 0.6 is 0 Å². The highest BCUT2D eigenvalue weighted by Gasteiger charge is 2.09. The minimum atomic E-state index is -0.0281. The van der Waals surface area contributed by atoms with Gasteiger partial charge >= 0.3 is 0 Å². The van der Waals surface area contributed by atoms with Crippen molar-refractivity contribution < 1.29 is 9.53 Å². The Bertz CT molecular complexity index is 334. The molecule has 0 aromatic heterocycles. The van der Waals surface area contributed by atoms with Gasteiger partial charge in [-0.1, -0.05) is 26.0 Å². The first-order valence-corrected chi connectivity index (χ1v) is 5.17. The molecule has 0 aliphatic heterocycles. The molecule has 1 amide bonds. The molecule has 0 saturated carbocycles. The molecule has 82 valence electrons. The number of ether oxygens (including phenoxy) is 1. The van der Waals surface area contributed by atoms with Crippen molar-refractivity contribution in [2.45, 2.75) is 20.8 Å². The third-order valence-corrected chi connectivity index (χ3v) is 1.97. The molecule has 0 atom stereocenters. The lowest BCUT2D eigenvalue weighted by molar-refractivity contribution is -0.118. The Morgan fingerprint density at radius 1 is 1.40 bits per heavy atom. The maximum absolute atomic E-state index is 11.5. The third kappa shape index (κ3) is 3.27. The van der Waals surface area contributed by atoms with Gasteiger partial charge in [0.15, 0.2) is 0 Å². The Morgan fingerprint density at radius 2 is 2.07 bits per heavy atom. The number of rotatable bonds is 4. The quantitative estimate of drug-likeness (QED) is 0.824. The van der Waals surface area contributed by atoms with Gasteiger partial charge in [-0.25, -0.2) is 0 Å². The molecule has 1 rings (SSSR count). The number of anilines is 1. The molecular weight excluding hydrogens is 190 g/mol. The standard InChI is InChI=1S/C12H17NO2/c1-4-15-11-8-6-5-7-10(11)13-12(14)9(2)3/h5-9H,4H2,1-3H3,(H,13,14). The summed E-state index contributed by atoms with van der Waals surface area (Å²) in [6.07, 6.45) is 0. The number of carbonyl (C=O) groups is 1. The topological polar surface area (TPSA) is 38.3 Å². The summed E-state index contributed by atoms with van der Waals surface area (Å²) < 4.78 is 5.40. The van der Waals surface area contributed by atoms with Crippen LogP contribution in [0, 0.1) is 5.92 Å². The van der Waals surface area contributed by atoms with Crippen LogP contribution in [0.2, 0.25) is 0 Å². The zero-order valence-corrected chi connectivity index (χ0v) is 9.41. The van der Waals surface area contributed by atoms with Crippen LogP contribution in [-0.4, -0.2) is 12.5 Å². The van der Waals surface area contributed by atoms with E-state index in [1.807, 2.05) is 45.0 Å². The van der Waals surface area contributed by atoms with Crippen LogP contribution in [0.5, 0.6) is 5.75 Å². The molecule has 0 spiro atoms. The Morgan fingerprint density at radius 3 is 2.67 bits per heavy atom. The van der Waals surface area contributed by atoms with Crippen molar-refractivity contribution in [1.29, 1.82) is 0 Å². The summed E-state index contributed by atoms with van der Waals surface area (Å²) in [5.41, 5.74) is 0.734. The van der Waals surface area contributed by atoms with Gasteiger partial charge in [-0.2, -0.15) is 0 Å². The Kier molecular flexibility index (Phi) is 4.16. The van der Waals surface area contributed by atoms with Crippen LogP contribution in [0.15, 0.2) is 24.3 Å². The minimum absolute atomic E-state index is 0.00199. The van der Waals surface area contributed by atoms with Crippen molar-refractivity contribution in [1.82, 2.24) is 0 Å². The average Bonchev–Trinajstić information content (AvgIpc) is 2.21. The second-order valence-electron chi connectivity index (χ2n) is 3.57. The van der Waals surface area contributed by atoms with Gasteiger partial charge in [0.2, 0.25) is 5.91 Å². The summed E-state index contributed by atoms with van der Waals surface area (Å²) in [5, 5.41) is 2.83. The molecule has 1 aromatic carbocycles. The van der Waals surface area contributed by atoms with E-state index in [1.165, 1.54) is 0 Å². The van der Waals surface area contributed by atoms with E-state index in [1.54, 1.807) is 0 Å². The van der Waals surface area contributed by atoms with Crippen LogP contribution in [0.4, 0.5) is 5.69 Å². The molecule has 0 radical (unpaired) electrons. The fourth-order valence-electron chi connectivity index (χ4n) is 1.13. The second-order valence-corrected chi connectivity index (χ2v) is 3.57. The monoisotopic (exact) mass is 207 g/mol. The van der Waals surface area contributed by atoms with E-state index in [2.05, 4.69) is 5.32 Å². The Balaban J connectivity index is 2.79. The van der Waals surface area contributed by atoms with Crippen LogP contribution in [0.3, 0.4) is 0 Å². The summed E-state index contributed by atoms with van der Waals surface area (Å²) >= 11 is 0. The predicted octanol–water partition coefficient (Wildman–Crippen LogP) is 2.68. The van der Waals surface area contributed by atoms with Crippen molar-refractivity contribution in [3.63, 3.8) is 0 Å². The van der Waals surface area contributed by atoms with E-state index in [9.17, 15) is 4.79 Å². The van der Waals surface area contributed by atoms with E-state index < -0.39 is 0 Å². The van der Waals surface area contributed by atoms with Crippen molar-refractivity contribution in [3.05, 3.63) is 24.3 Å². The van der Waals surface area contributed by atoms with Crippen LogP contribution in [0.25, 0.3) is 0 Å². The van der Waals surface area contributed by atoms with Gasteiger partial charge in [0.05, 0.1) is 12.3 Å². The zero-order chi connectivity index (χ0) is 11.3. The van der Waals surface area contributed by atoms with Gasteiger partial charge in [0, 0.05) is 5.92 Å². The summed E-state index contributed by atoms with van der Waals surface area (Å²) in [4.78, 5) is 11.5. The number of carbonyl (C=O) groups excluding carboxylic acids is 1. The lowest BCUT2D eigenvalue weighted by atomic mass is 10.2. The maximum Gasteiger partial charge on any atom is 0.227 e. The summed E-state index contributed by atoms with van der Waals surface area (Å²) in [6, 6.07) is 7.44. The highest BCUT2D eigenvalue weighted by molar-refractivity contribution is 5.93. The molecule has 1 N–H and O–H groups in total. The number of benzene rings is 1. The molecule has 3 nitrogen and oxygen atoms in total. The summed E-state index contributed by atoms with van der Waals surface area (Å²) in [7, 11) is 0. The van der Waals surface area contributed by atoms with Gasteiger partial charge in [0.1, 0.15) is 5.75 Å². The molecule has 0 heterocycles. The van der Waals surface area contributed by atoms with E-state index in [0.717, 1.165) is 5.69 Å². The van der Waals surface area contributed by atoms with Crippen molar-refractivity contribution in [3.8, 4) is 5.75 Å². The largest absolute Gasteiger partial charge is 0.492 e. The Labute approximate surface area is 90.4 Å². The average molecular weight is 207 g/mol. The van der Waals surface area contributed by atoms with Crippen LogP contribution < -0.4 is 10.1 Å². The molecule has 0 unspecified atom stereocenters. The molecule has 3 heteroatoms. The third-order valence-electron chi connectivity index (χ3n) is 1.97. The van der Waals surface area contributed by atoms with Gasteiger partial charge < -0.3 is 10.1 Å². The van der Waals surface area contributed by atoms with Crippen molar-refractivity contribution in [2.24, 2.45) is 5.92 Å². The van der Waals surface area contributed by atoms with Crippen LogP contribution in [0.1, 0.15) is 20.8 Å². The fourth-order valence-corrected chi connectivity index (χ4v) is 1.13. The zero-order valence-electron chi connectivity index (χ0n) is 9.41. The number of amides is 1. The van der Waals surface area contributed by atoms with Crippen molar-refractivity contribution in [2.75, 3.05) is 11.9 Å². The van der Waals surface area contributed by atoms with E-state index in [4.69, 9.17) is 4.74 Å². The molecule has 1 aromatic rings. The SMILES string of the molecule is CCOc1ccccc1NC(=O)C(C)C. The molecule has 0 bridgehead atoms. The number of hydrogen-bond acceptors (Lipinski definition) is 2. The number of nitrogens with one attached hydrogen (secondary N) is 1. The highest BCUT2D eigenvalue weighted by atomic mass is 16.5. The molecule has 15 heavy (non-hydrogen) atoms. The minimum Gasteiger partial charge on any atom is -0.492 e. The predicted molar refractivity (Wildman–Crippen MR) is 61.1 cm³/mol. The molecule has 0 fully saturated rings. The maximum atomic E-state index is 11.5. The summed E-state index contributed by atoms with van der Waals surface area (Å²) in [6.45, 7) is 6.23. The molecule has 0 saturated heterocycles. The van der Waals surface area contributed by atoms with Gasteiger partial charge in [0.25, 0.3) is 0 Å². The lowest BCUT2D eigenvalue weighted by Gasteiger charge is -2.12. The summed E-state index contributed by atoms with van der Waals surface area (Å²) in [5.74, 6) is 0.691. The fraction of sp³-hybridized carbons (Fsp3) is 0.417. The van der Waals surface area contributed by atoms with E-state index in [0.29, 0.717) is 12.4 Å². The first kappa shape index (κ1) is 11.6. The second kappa shape index (κ2) is 5.39. The molecular formula is C12H17NO2. The number of hydrogen-bond donors (Lipinski definition) is 1. The van der Waals surface area contributed by atoms with Crippen LogP contribution in [-0.2, 0) is 4.79 Å². The van der Waals surface area contributed by atoms with Crippen molar-refractivity contribution >= 4 is 11.6 Å². The molecule has 0 aliphatic carbocycles. The van der Waals surface area contributed by atoms with Gasteiger partial charge in [-0.15, -0.1) is 0 Å². The lowest BCUT2D eigenvalue weighted by Crippen LogP contribution is -2.18. The highest BCUT2D eigenvalue weighted by Crippen LogP contribution is 2.23. The normalized spacial score (nSPS) is 10.1. The van der Waals surface area contributed by atoms with E-state index >= 15 is 0 Å². The first-order chi connectivity index (χ1) is 7.15. The first-order valence-electron chi connectivity index (χ1n) is 5.17.